The lowest BCUT2D eigenvalue weighted by Crippen LogP contribution is -2.48. The second-order valence-corrected chi connectivity index (χ2v) is 9.16. The van der Waals surface area contributed by atoms with E-state index in [-0.39, 0.29) is 24.1 Å². The van der Waals surface area contributed by atoms with Crippen molar-refractivity contribution >= 4 is 38.4 Å². The van der Waals surface area contributed by atoms with Crippen LogP contribution < -0.4 is 5.32 Å². The number of fused-ring (bicyclic) bond motifs is 1. The van der Waals surface area contributed by atoms with Crippen molar-refractivity contribution < 1.29 is 14.7 Å². The van der Waals surface area contributed by atoms with E-state index in [4.69, 9.17) is 5.11 Å². The second kappa shape index (κ2) is 10.1. The third-order valence-corrected chi connectivity index (χ3v) is 6.96. The molecular formula is C23H29BrN4O3. The Morgan fingerprint density at radius 1 is 1.10 bits per heavy atom. The average Bonchev–Trinajstić information content (AvgIpc) is 3.20. The van der Waals surface area contributed by atoms with Gasteiger partial charge in [-0.25, -0.2) is 0 Å². The second-order valence-electron chi connectivity index (χ2n) is 8.31. The normalized spacial score (nSPS) is 21.1. The van der Waals surface area contributed by atoms with Gasteiger partial charge in [0, 0.05) is 86.4 Å². The molecule has 1 saturated heterocycles. The molecule has 2 aliphatic rings. The molecule has 0 unspecified atom stereocenters. The van der Waals surface area contributed by atoms with Gasteiger partial charge in [0.2, 0.25) is 0 Å². The van der Waals surface area contributed by atoms with Gasteiger partial charge in [-0.15, -0.1) is 0 Å². The van der Waals surface area contributed by atoms with E-state index in [1.807, 2.05) is 24.4 Å². The summed E-state index contributed by atoms with van der Waals surface area (Å²) in [6.07, 6.45) is 4.19. The Bertz CT molecular complexity index is 958. The van der Waals surface area contributed by atoms with Gasteiger partial charge in [0.15, 0.2) is 11.6 Å². The van der Waals surface area contributed by atoms with Crippen LogP contribution in [0.15, 0.2) is 40.6 Å². The van der Waals surface area contributed by atoms with Crippen LogP contribution in [0.2, 0.25) is 0 Å². The fourth-order valence-corrected chi connectivity index (χ4v) is 5.14. The van der Waals surface area contributed by atoms with Crippen LogP contribution in [0.1, 0.15) is 24.3 Å². The quantitative estimate of drug-likeness (QED) is 0.314. The molecule has 8 heteroatoms. The minimum atomic E-state index is -0.102. The van der Waals surface area contributed by atoms with Gasteiger partial charge >= 0.3 is 0 Å². The molecule has 1 aromatic heterocycles. The number of allylic oxidation sites excluding steroid dienone is 1. The van der Waals surface area contributed by atoms with Crippen LogP contribution in [0.25, 0.3) is 10.9 Å². The number of Topliss-reactive ketones (excluding diaryl/α,β-unsaturated/α-hetero) is 2. The molecule has 166 valence electrons. The van der Waals surface area contributed by atoms with Crippen molar-refractivity contribution in [1.82, 2.24) is 20.1 Å². The number of β-amino-alcohol motifs (C(OH)–C–C–N with tert-alkyl or cyclic N) is 1. The van der Waals surface area contributed by atoms with E-state index in [1.54, 1.807) is 6.20 Å². The van der Waals surface area contributed by atoms with E-state index >= 15 is 0 Å². The average molecular weight is 489 g/mol. The molecule has 0 spiro atoms. The Morgan fingerprint density at radius 2 is 1.77 bits per heavy atom. The number of piperazine rings is 1. The summed E-state index contributed by atoms with van der Waals surface area (Å²) in [4.78, 5) is 33.2. The van der Waals surface area contributed by atoms with Crippen LogP contribution in [-0.2, 0) is 9.59 Å². The Kier molecular flexibility index (Phi) is 7.22. The summed E-state index contributed by atoms with van der Waals surface area (Å²) in [5.41, 5.74) is 2.31. The van der Waals surface area contributed by atoms with Crippen molar-refractivity contribution in [3.05, 3.63) is 46.2 Å². The Balaban J connectivity index is 1.30. The fourth-order valence-electron chi connectivity index (χ4n) is 4.45. The monoisotopic (exact) mass is 488 g/mol. The van der Waals surface area contributed by atoms with Gasteiger partial charge in [0.1, 0.15) is 0 Å². The van der Waals surface area contributed by atoms with Crippen molar-refractivity contribution in [2.75, 3.05) is 52.4 Å². The number of carbonyl (C=O) groups excluding carboxylic acids is 2. The molecule has 1 saturated carbocycles. The first-order chi connectivity index (χ1) is 15.0. The smallest absolute Gasteiger partial charge is 0.168 e. The number of hydrogen-bond acceptors (Lipinski definition) is 6. The standard InChI is InChI=1S/C23H29BrN4O3/c24-20-11-16-1-2-26-21(16)14-18(20)17-12-22(30)19(23(31)13-17)15-25-3-4-27-5-7-28(8-6-27)9-10-29/h1-2,11,14-15,17,25-26,29H,3-10,12-13H2. The zero-order chi connectivity index (χ0) is 21.8. The van der Waals surface area contributed by atoms with E-state index in [1.165, 1.54) is 0 Å². The van der Waals surface area contributed by atoms with Gasteiger partial charge in [0.05, 0.1) is 12.2 Å². The first-order valence-corrected chi connectivity index (χ1v) is 11.7. The maximum absolute atomic E-state index is 12.7. The van der Waals surface area contributed by atoms with Gasteiger partial charge in [0.25, 0.3) is 0 Å². The number of aliphatic hydroxyl groups excluding tert-OH is 1. The predicted octanol–water partition coefficient (Wildman–Crippen LogP) is 2.03. The highest BCUT2D eigenvalue weighted by Gasteiger charge is 2.32. The minimum Gasteiger partial charge on any atom is -0.395 e. The Hall–Kier alpha value is -2.00. The number of ketones is 2. The van der Waals surface area contributed by atoms with Gasteiger partial charge in [-0.2, -0.15) is 0 Å². The van der Waals surface area contributed by atoms with E-state index in [0.717, 1.165) is 60.2 Å². The highest BCUT2D eigenvalue weighted by Crippen LogP contribution is 2.37. The number of hydrogen-bond donors (Lipinski definition) is 3. The maximum atomic E-state index is 12.7. The lowest BCUT2D eigenvalue weighted by Gasteiger charge is -2.34. The minimum absolute atomic E-state index is 0.0927. The third-order valence-electron chi connectivity index (χ3n) is 6.27. The van der Waals surface area contributed by atoms with Gasteiger partial charge < -0.3 is 15.4 Å². The van der Waals surface area contributed by atoms with Crippen LogP contribution >= 0.6 is 15.9 Å². The van der Waals surface area contributed by atoms with Crippen molar-refractivity contribution in [2.45, 2.75) is 18.8 Å². The van der Waals surface area contributed by atoms with Gasteiger partial charge in [-0.05, 0) is 29.7 Å². The number of nitrogens with one attached hydrogen (secondary N) is 2. The number of aliphatic hydroxyl groups is 1. The highest BCUT2D eigenvalue weighted by atomic mass is 79.9. The zero-order valence-corrected chi connectivity index (χ0v) is 19.2. The number of carbonyl (C=O) groups is 2. The van der Waals surface area contributed by atoms with Crippen LogP contribution in [0.4, 0.5) is 0 Å². The molecule has 1 aromatic carbocycles. The molecule has 0 radical (unpaired) electrons. The summed E-state index contributed by atoms with van der Waals surface area (Å²) in [5.74, 6) is -0.288. The summed E-state index contributed by atoms with van der Waals surface area (Å²) in [6.45, 7) is 6.37. The highest BCUT2D eigenvalue weighted by molar-refractivity contribution is 9.10. The van der Waals surface area contributed by atoms with Crippen LogP contribution in [0.5, 0.6) is 0 Å². The lowest BCUT2D eigenvalue weighted by molar-refractivity contribution is -0.124. The molecule has 3 N–H and O–H groups in total. The summed E-state index contributed by atoms with van der Waals surface area (Å²) in [6, 6.07) is 6.08. The summed E-state index contributed by atoms with van der Waals surface area (Å²) >= 11 is 3.61. The molecule has 7 nitrogen and oxygen atoms in total. The SMILES string of the molecule is O=C1CC(c2cc3[nH]ccc3cc2Br)CC(=O)C1=CNCCN1CCN(CCO)CC1. The Labute approximate surface area is 190 Å². The topological polar surface area (TPSA) is 88.7 Å². The van der Waals surface area contributed by atoms with E-state index in [2.05, 4.69) is 36.0 Å². The first kappa shape index (κ1) is 22.2. The van der Waals surface area contributed by atoms with Crippen LogP contribution in [0, 0.1) is 0 Å². The predicted molar refractivity (Wildman–Crippen MR) is 124 cm³/mol. The van der Waals surface area contributed by atoms with Gasteiger partial charge in [-0.1, -0.05) is 15.9 Å². The molecule has 2 fully saturated rings. The van der Waals surface area contributed by atoms with E-state index in [0.29, 0.717) is 25.0 Å². The number of nitrogens with zero attached hydrogens (tertiary/aromatic N) is 2. The Morgan fingerprint density at radius 3 is 2.45 bits per heavy atom. The number of H-pyrrole nitrogens is 1. The molecule has 0 amide bonds. The summed E-state index contributed by atoms with van der Waals surface area (Å²) < 4.78 is 0.940. The lowest BCUT2D eigenvalue weighted by atomic mass is 9.80. The van der Waals surface area contributed by atoms with E-state index < -0.39 is 0 Å². The molecule has 0 bridgehead atoms. The number of benzene rings is 1. The molecule has 31 heavy (non-hydrogen) atoms. The zero-order valence-electron chi connectivity index (χ0n) is 17.6. The third kappa shape index (κ3) is 5.26. The first-order valence-electron chi connectivity index (χ1n) is 10.9. The molecule has 2 aromatic rings. The van der Waals surface area contributed by atoms with Crippen molar-refractivity contribution in [1.29, 1.82) is 0 Å². The number of aromatic amines is 1. The number of halogens is 1. The summed E-state index contributed by atoms with van der Waals surface area (Å²) in [7, 11) is 0. The largest absolute Gasteiger partial charge is 0.395 e. The van der Waals surface area contributed by atoms with Crippen molar-refractivity contribution in [3.63, 3.8) is 0 Å². The molecule has 1 aliphatic heterocycles. The van der Waals surface area contributed by atoms with E-state index in [9.17, 15) is 9.59 Å². The number of aromatic nitrogens is 1. The van der Waals surface area contributed by atoms with Crippen molar-refractivity contribution in [2.24, 2.45) is 0 Å². The number of rotatable bonds is 7. The van der Waals surface area contributed by atoms with Gasteiger partial charge in [-0.3, -0.25) is 19.4 Å². The molecule has 0 atom stereocenters. The molecular weight excluding hydrogens is 460 g/mol. The summed E-state index contributed by atoms with van der Waals surface area (Å²) in [5, 5.41) is 13.3. The van der Waals surface area contributed by atoms with Crippen LogP contribution in [0.3, 0.4) is 0 Å². The molecule has 1 aliphatic carbocycles. The molecule has 4 rings (SSSR count). The van der Waals surface area contributed by atoms with Crippen LogP contribution in [-0.4, -0.2) is 83.9 Å². The maximum Gasteiger partial charge on any atom is 0.168 e. The molecule has 2 heterocycles. The fraction of sp³-hybridized carbons (Fsp3) is 0.478. The van der Waals surface area contributed by atoms with Crippen molar-refractivity contribution in [3.8, 4) is 0 Å².